The third-order valence-corrected chi connectivity index (χ3v) is 4.08. The highest BCUT2D eigenvalue weighted by Gasteiger charge is 2.15. The lowest BCUT2D eigenvalue weighted by Gasteiger charge is -2.07. The summed E-state index contributed by atoms with van der Waals surface area (Å²) in [6, 6.07) is 14.5. The molecular weight excluding hydrogens is 400 g/mol. The van der Waals surface area contributed by atoms with Crippen molar-refractivity contribution in [2.45, 2.75) is 26.9 Å². The average molecular weight is 422 g/mol. The Balaban J connectivity index is 1.68. The predicted octanol–water partition coefficient (Wildman–Crippen LogP) is 2.91. The van der Waals surface area contributed by atoms with E-state index in [1.165, 1.54) is 4.68 Å². The molecule has 0 saturated carbocycles. The highest BCUT2D eigenvalue weighted by atomic mass is 16.7. The van der Waals surface area contributed by atoms with Gasteiger partial charge < -0.3 is 4.84 Å². The largest absolute Gasteiger partial charge is 0.439 e. The molecule has 0 bridgehead atoms. The van der Waals surface area contributed by atoms with Crippen LogP contribution in [0, 0.1) is 0 Å². The van der Waals surface area contributed by atoms with E-state index in [1.807, 2.05) is 37.3 Å². The molecule has 160 valence electrons. The SMILES string of the molecule is CCC(C)=NOC(=O)Nc1cccc(CO/N=C(\c2ccccc2)c2nnnn2C)n1. The number of tetrazole rings is 1. The Bertz CT molecular complexity index is 1080. The molecule has 0 saturated heterocycles. The summed E-state index contributed by atoms with van der Waals surface area (Å²) in [7, 11) is 1.72. The molecule has 2 aromatic heterocycles. The number of nitrogens with one attached hydrogen (secondary N) is 1. The summed E-state index contributed by atoms with van der Waals surface area (Å²) in [4.78, 5) is 26.4. The van der Waals surface area contributed by atoms with Crippen LogP contribution < -0.4 is 5.32 Å². The zero-order valence-corrected chi connectivity index (χ0v) is 17.4. The van der Waals surface area contributed by atoms with Gasteiger partial charge in [0.25, 0.3) is 0 Å². The molecule has 1 N–H and O–H groups in total. The van der Waals surface area contributed by atoms with E-state index in [1.54, 1.807) is 32.2 Å². The van der Waals surface area contributed by atoms with Crippen molar-refractivity contribution >= 4 is 23.3 Å². The molecule has 0 spiro atoms. The Morgan fingerprint density at radius 2 is 1.94 bits per heavy atom. The third kappa shape index (κ3) is 6.16. The number of hydrogen-bond donors (Lipinski definition) is 1. The minimum atomic E-state index is -0.725. The average Bonchev–Trinajstić information content (AvgIpc) is 3.21. The molecule has 1 amide bonds. The Kier molecular flexibility index (Phi) is 7.35. The van der Waals surface area contributed by atoms with Crippen molar-refractivity contribution in [1.29, 1.82) is 0 Å². The van der Waals surface area contributed by atoms with Gasteiger partial charge >= 0.3 is 6.09 Å². The highest BCUT2D eigenvalue weighted by molar-refractivity contribution is 6.10. The predicted molar refractivity (Wildman–Crippen MR) is 113 cm³/mol. The molecule has 3 rings (SSSR count). The van der Waals surface area contributed by atoms with Crippen LogP contribution in [0.15, 0.2) is 58.8 Å². The van der Waals surface area contributed by atoms with Crippen LogP contribution in [0.3, 0.4) is 0 Å². The van der Waals surface area contributed by atoms with Gasteiger partial charge in [-0.15, -0.1) is 5.10 Å². The number of aryl methyl sites for hydroxylation is 1. The van der Waals surface area contributed by atoms with Gasteiger partial charge in [-0.3, -0.25) is 10.2 Å². The van der Waals surface area contributed by atoms with Crippen LogP contribution in [0.1, 0.15) is 37.4 Å². The molecule has 1 aromatic carbocycles. The Labute approximate surface area is 178 Å². The van der Waals surface area contributed by atoms with Crippen LogP contribution in [0.5, 0.6) is 0 Å². The zero-order valence-electron chi connectivity index (χ0n) is 17.4. The first kappa shape index (κ1) is 21.6. The molecule has 0 aliphatic heterocycles. The fourth-order valence-electron chi connectivity index (χ4n) is 2.35. The van der Waals surface area contributed by atoms with Gasteiger partial charge in [0.2, 0.25) is 5.82 Å². The minimum absolute atomic E-state index is 0.0687. The molecule has 31 heavy (non-hydrogen) atoms. The number of nitrogens with zero attached hydrogens (tertiary/aromatic N) is 7. The van der Waals surface area contributed by atoms with Crippen LogP contribution in [0.2, 0.25) is 0 Å². The molecule has 0 radical (unpaired) electrons. The lowest BCUT2D eigenvalue weighted by atomic mass is 10.1. The second-order valence-corrected chi connectivity index (χ2v) is 6.40. The van der Waals surface area contributed by atoms with E-state index in [2.05, 4.69) is 36.1 Å². The number of amides is 1. The highest BCUT2D eigenvalue weighted by Crippen LogP contribution is 2.10. The fourth-order valence-corrected chi connectivity index (χ4v) is 2.35. The first-order chi connectivity index (χ1) is 15.1. The summed E-state index contributed by atoms with van der Waals surface area (Å²) in [5, 5.41) is 22.0. The van der Waals surface area contributed by atoms with E-state index in [9.17, 15) is 4.79 Å². The molecule has 0 unspecified atom stereocenters. The van der Waals surface area contributed by atoms with Gasteiger partial charge in [0.15, 0.2) is 12.3 Å². The molecule has 11 heteroatoms. The van der Waals surface area contributed by atoms with Crippen molar-refractivity contribution < 1.29 is 14.5 Å². The van der Waals surface area contributed by atoms with Crippen molar-refractivity contribution in [1.82, 2.24) is 25.2 Å². The van der Waals surface area contributed by atoms with Gasteiger partial charge in [0.1, 0.15) is 5.82 Å². The lowest BCUT2D eigenvalue weighted by Crippen LogP contribution is -2.13. The first-order valence-corrected chi connectivity index (χ1v) is 9.52. The molecule has 11 nitrogen and oxygen atoms in total. The van der Waals surface area contributed by atoms with Crippen molar-refractivity contribution in [3.8, 4) is 0 Å². The van der Waals surface area contributed by atoms with Crippen LogP contribution in [0.4, 0.5) is 10.6 Å². The van der Waals surface area contributed by atoms with Crippen molar-refractivity contribution in [2.75, 3.05) is 5.32 Å². The van der Waals surface area contributed by atoms with Crippen LogP contribution in [-0.2, 0) is 23.3 Å². The Hall–Kier alpha value is -4.15. The van der Waals surface area contributed by atoms with Crippen LogP contribution >= 0.6 is 0 Å². The number of rotatable bonds is 8. The van der Waals surface area contributed by atoms with Crippen LogP contribution in [0.25, 0.3) is 0 Å². The maximum Gasteiger partial charge on any atom is 0.439 e. The van der Waals surface area contributed by atoms with E-state index >= 15 is 0 Å². The number of aromatic nitrogens is 5. The van der Waals surface area contributed by atoms with E-state index in [4.69, 9.17) is 9.68 Å². The van der Waals surface area contributed by atoms with Gasteiger partial charge in [-0.1, -0.05) is 53.6 Å². The maximum atomic E-state index is 11.8. The van der Waals surface area contributed by atoms with Gasteiger partial charge in [0.05, 0.1) is 11.4 Å². The number of carbonyl (C=O) groups is 1. The van der Waals surface area contributed by atoms with Gasteiger partial charge in [0, 0.05) is 12.6 Å². The maximum absolute atomic E-state index is 11.8. The van der Waals surface area contributed by atoms with Crippen molar-refractivity contribution in [3.63, 3.8) is 0 Å². The van der Waals surface area contributed by atoms with Gasteiger partial charge in [-0.25, -0.2) is 14.5 Å². The molecule has 0 fully saturated rings. The molecule has 2 heterocycles. The normalized spacial score (nSPS) is 11.8. The van der Waals surface area contributed by atoms with Gasteiger partial charge in [-0.2, -0.15) is 0 Å². The molecule has 0 aliphatic rings. The second kappa shape index (κ2) is 10.6. The molecular formula is C20H22N8O3. The summed E-state index contributed by atoms with van der Waals surface area (Å²) in [6.45, 7) is 3.75. The number of benzene rings is 1. The third-order valence-electron chi connectivity index (χ3n) is 4.08. The molecule has 0 aliphatic carbocycles. The Morgan fingerprint density at radius 3 is 2.65 bits per heavy atom. The minimum Gasteiger partial charge on any atom is -0.389 e. The van der Waals surface area contributed by atoms with Crippen molar-refractivity contribution in [2.24, 2.45) is 17.4 Å². The number of oxime groups is 2. The van der Waals surface area contributed by atoms with Crippen LogP contribution in [-0.4, -0.2) is 42.7 Å². The smallest absolute Gasteiger partial charge is 0.389 e. The quantitative estimate of drug-likeness (QED) is 0.336. The summed E-state index contributed by atoms with van der Waals surface area (Å²) in [5.41, 5.74) is 2.54. The number of pyridine rings is 1. The summed E-state index contributed by atoms with van der Waals surface area (Å²) in [6.07, 6.45) is -0.0358. The first-order valence-electron chi connectivity index (χ1n) is 9.52. The lowest BCUT2D eigenvalue weighted by molar-refractivity contribution is 0.128. The van der Waals surface area contributed by atoms with E-state index in [-0.39, 0.29) is 6.61 Å². The van der Waals surface area contributed by atoms with Gasteiger partial charge in [-0.05, 0) is 35.9 Å². The topological polar surface area (TPSA) is 129 Å². The summed E-state index contributed by atoms with van der Waals surface area (Å²) in [5.74, 6) is 0.764. The molecule has 3 aromatic rings. The number of anilines is 1. The van der Waals surface area contributed by atoms with E-state index < -0.39 is 6.09 Å². The number of carbonyl (C=O) groups excluding carboxylic acids is 1. The van der Waals surface area contributed by atoms with E-state index in [0.717, 1.165) is 5.56 Å². The second-order valence-electron chi connectivity index (χ2n) is 6.40. The monoisotopic (exact) mass is 422 g/mol. The Morgan fingerprint density at radius 1 is 1.13 bits per heavy atom. The fraction of sp³-hybridized carbons (Fsp3) is 0.250. The molecule has 0 atom stereocenters. The summed E-state index contributed by atoms with van der Waals surface area (Å²) >= 11 is 0. The summed E-state index contributed by atoms with van der Waals surface area (Å²) < 4.78 is 1.51. The zero-order chi connectivity index (χ0) is 22.1. The van der Waals surface area contributed by atoms with E-state index in [0.29, 0.717) is 35.2 Å². The number of hydrogen-bond acceptors (Lipinski definition) is 9. The standard InChI is InChI=1S/C20H22N8O3/c1-4-14(2)24-31-20(29)22-17-12-8-11-16(21-17)13-30-25-18(15-9-6-5-7-10-15)19-23-26-27-28(19)3/h5-12H,4,13H2,1-3H3,(H,21,22,29)/b24-14?,25-18+. The van der Waals surface area contributed by atoms with Crippen molar-refractivity contribution in [3.05, 3.63) is 65.6 Å².